The van der Waals surface area contributed by atoms with Crippen molar-refractivity contribution in [3.63, 3.8) is 0 Å². The SMILES string of the molecule is C[N+]1(C)CCC(OC(=O)Nc2cc(CCC(=O)Nc3ccc(CNC[C@H](O)c4ccc(O)c5[nH]c(=O)ccc45)cc3)ccc2-c2ccccc2)CC1.O=C([O-])C(F)(F)F. The van der Waals surface area contributed by atoms with E-state index in [4.69, 9.17) is 14.6 Å². The molecule has 1 aliphatic rings. The summed E-state index contributed by atoms with van der Waals surface area (Å²) in [4.78, 5) is 49.0. The maximum absolute atomic E-state index is 13.0. The van der Waals surface area contributed by atoms with Crippen LogP contribution in [0.15, 0.2) is 102 Å². The van der Waals surface area contributed by atoms with Crippen molar-refractivity contribution in [3.05, 3.63) is 124 Å². The lowest BCUT2D eigenvalue weighted by Crippen LogP contribution is -2.48. The molecule has 312 valence electrons. The van der Waals surface area contributed by atoms with Crippen LogP contribution in [0.3, 0.4) is 0 Å². The number of fused-ring (bicyclic) bond motifs is 1. The Labute approximate surface area is 338 Å². The first-order valence-corrected chi connectivity index (χ1v) is 18.9. The van der Waals surface area contributed by atoms with E-state index in [0.29, 0.717) is 40.8 Å². The number of hydrogen-bond donors (Lipinski definition) is 6. The lowest BCUT2D eigenvalue weighted by molar-refractivity contribution is -0.896. The number of nitrogens with zero attached hydrogens (tertiary/aromatic N) is 1. The summed E-state index contributed by atoms with van der Waals surface area (Å²) in [6.45, 7) is 2.66. The highest BCUT2D eigenvalue weighted by Crippen LogP contribution is 2.31. The minimum absolute atomic E-state index is 0.0554. The number of anilines is 2. The maximum atomic E-state index is 13.0. The predicted molar refractivity (Wildman–Crippen MR) is 214 cm³/mol. The van der Waals surface area contributed by atoms with Gasteiger partial charge in [0.2, 0.25) is 11.5 Å². The number of carboxylic acid groups (broad SMARTS) is 1. The molecule has 2 heterocycles. The molecule has 1 atom stereocenters. The Kier molecular flexibility index (Phi) is 14.5. The van der Waals surface area contributed by atoms with Crippen LogP contribution in [-0.2, 0) is 27.3 Å². The molecule has 0 bridgehead atoms. The molecule has 6 N–H and O–H groups in total. The average Bonchev–Trinajstić information content (AvgIpc) is 3.19. The molecule has 16 heteroatoms. The molecule has 13 nitrogen and oxygen atoms in total. The number of nitrogens with one attached hydrogen (secondary N) is 4. The lowest BCUT2D eigenvalue weighted by atomic mass is 9.99. The number of aromatic nitrogens is 1. The van der Waals surface area contributed by atoms with E-state index in [1.165, 1.54) is 12.1 Å². The summed E-state index contributed by atoms with van der Waals surface area (Å²) in [5, 5.41) is 39.5. The number of likely N-dealkylation sites (tertiary alicyclic amines) is 1. The van der Waals surface area contributed by atoms with Gasteiger partial charge in [-0.05, 0) is 59.0 Å². The number of amides is 2. The van der Waals surface area contributed by atoms with E-state index < -0.39 is 24.3 Å². The highest BCUT2D eigenvalue weighted by atomic mass is 19.4. The van der Waals surface area contributed by atoms with Gasteiger partial charge in [-0.15, -0.1) is 0 Å². The Morgan fingerprint density at radius 3 is 2.24 bits per heavy atom. The first-order valence-electron chi connectivity index (χ1n) is 18.9. The molecule has 5 aromatic rings. The highest BCUT2D eigenvalue weighted by molar-refractivity contribution is 5.93. The van der Waals surface area contributed by atoms with Crippen LogP contribution in [-0.4, -0.2) is 83.7 Å². The minimum Gasteiger partial charge on any atom is -0.542 e. The van der Waals surface area contributed by atoms with Gasteiger partial charge < -0.3 is 45.0 Å². The van der Waals surface area contributed by atoms with Gasteiger partial charge in [-0.25, -0.2) is 4.79 Å². The number of carbonyl (C=O) groups is 3. The van der Waals surface area contributed by atoms with Crippen LogP contribution in [0.5, 0.6) is 5.75 Å². The van der Waals surface area contributed by atoms with Gasteiger partial charge >= 0.3 is 12.3 Å². The molecule has 1 aromatic heterocycles. The Balaban J connectivity index is 0.000000867. The van der Waals surface area contributed by atoms with E-state index in [0.717, 1.165) is 52.7 Å². The van der Waals surface area contributed by atoms with Gasteiger partial charge in [0.1, 0.15) is 17.8 Å². The number of ether oxygens (including phenoxy) is 1. The number of carbonyl (C=O) groups excluding carboxylic acids is 3. The molecule has 1 fully saturated rings. The maximum Gasteiger partial charge on any atom is 0.430 e. The number of aliphatic carboxylic acids is 1. The summed E-state index contributed by atoms with van der Waals surface area (Å²) >= 11 is 0. The van der Waals surface area contributed by atoms with Crippen molar-refractivity contribution in [2.75, 3.05) is 44.4 Å². The monoisotopic (exact) mass is 817 g/mol. The molecular weight excluding hydrogens is 771 g/mol. The third kappa shape index (κ3) is 12.9. The van der Waals surface area contributed by atoms with Crippen molar-refractivity contribution in [3.8, 4) is 16.9 Å². The van der Waals surface area contributed by atoms with Crippen LogP contribution in [0.1, 0.15) is 42.1 Å². The second-order valence-corrected chi connectivity index (χ2v) is 14.8. The summed E-state index contributed by atoms with van der Waals surface area (Å²) in [7, 11) is 4.38. The van der Waals surface area contributed by atoms with Crippen LogP contribution in [0.25, 0.3) is 22.0 Å². The number of rotatable bonds is 12. The number of aromatic amines is 1. The fraction of sp³-hybridized carbons (Fsp3) is 0.302. The molecule has 2 amide bonds. The number of carboxylic acids is 1. The number of phenolic OH excluding ortho intramolecular Hbond substituents is 1. The second-order valence-electron chi connectivity index (χ2n) is 14.8. The van der Waals surface area contributed by atoms with Crippen molar-refractivity contribution in [2.24, 2.45) is 0 Å². The second kappa shape index (κ2) is 19.5. The number of alkyl halides is 3. The highest BCUT2D eigenvalue weighted by Gasteiger charge is 2.29. The minimum atomic E-state index is -5.19. The molecule has 0 aliphatic carbocycles. The molecule has 0 radical (unpaired) electrons. The van der Waals surface area contributed by atoms with Gasteiger partial charge in [-0.1, -0.05) is 60.7 Å². The number of benzene rings is 4. The first kappa shape index (κ1) is 43.9. The quantitative estimate of drug-likeness (QED) is 0.0898. The third-order valence-corrected chi connectivity index (χ3v) is 9.83. The molecule has 1 saturated heterocycles. The summed E-state index contributed by atoms with van der Waals surface area (Å²) in [6.07, 6.45) is -4.24. The zero-order valence-electron chi connectivity index (χ0n) is 32.5. The fourth-order valence-electron chi connectivity index (χ4n) is 6.57. The summed E-state index contributed by atoms with van der Waals surface area (Å²) in [5.74, 6) is -3.19. The largest absolute Gasteiger partial charge is 0.542 e. The number of hydrogen-bond acceptors (Lipinski definition) is 9. The summed E-state index contributed by atoms with van der Waals surface area (Å²) < 4.78 is 38.3. The molecule has 59 heavy (non-hydrogen) atoms. The lowest BCUT2D eigenvalue weighted by Gasteiger charge is -2.36. The number of halogens is 3. The summed E-state index contributed by atoms with van der Waals surface area (Å²) in [5.41, 5.74) is 5.60. The molecule has 0 unspecified atom stereocenters. The number of H-pyrrole nitrogens is 1. The number of piperidine rings is 1. The normalized spacial score (nSPS) is 14.4. The number of phenols is 1. The first-order chi connectivity index (χ1) is 28.0. The van der Waals surface area contributed by atoms with E-state index in [1.807, 2.05) is 72.8 Å². The Morgan fingerprint density at radius 2 is 1.58 bits per heavy atom. The van der Waals surface area contributed by atoms with Crippen molar-refractivity contribution >= 4 is 40.2 Å². The third-order valence-electron chi connectivity index (χ3n) is 9.83. The standard InChI is InChI=1S/C41H45N5O6.C2HF3O2/c1-46(2)22-20-31(21-23-46)52-41(51)44-35-24-27(10-14-32(35)29-6-4-3-5-7-29)11-18-38(49)43-30-12-8-28(9-13-30)25-42-26-37(48)33-15-17-36(47)40-34(33)16-19-39(50)45-40;3-2(4,5)1(6)7/h3-10,12-17,19,24,31,37,42,48H,11,18,20-23,25-26H2,1-2H3,(H3-,43,44,45,47,49,50,51);(H,6,7)/t37-;/m0./s1. The van der Waals surface area contributed by atoms with Crippen LogP contribution in [0, 0.1) is 0 Å². The molecule has 1 aliphatic heterocycles. The molecular formula is C43H46F3N5O8. The molecule has 6 rings (SSSR count). The fourth-order valence-corrected chi connectivity index (χ4v) is 6.57. The number of aliphatic hydroxyl groups excluding tert-OH is 1. The van der Waals surface area contributed by atoms with Gasteiger partial charge in [0.25, 0.3) is 0 Å². The van der Waals surface area contributed by atoms with E-state index >= 15 is 0 Å². The van der Waals surface area contributed by atoms with Crippen molar-refractivity contribution in [2.45, 2.75) is 50.6 Å². The van der Waals surface area contributed by atoms with E-state index in [2.05, 4.69) is 35.0 Å². The number of pyridine rings is 1. The number of quaternary nitrogens is 1. The Bertz CT molecular complexity index is 2290. The van der Waals surface area contributed by atoms with Gasteiger partial charge in [-0.3, -0.25) is 14.9 Å². The Morgan fingerprint density at radius 1 is 0.915 bits per heavy atom. The van der Waals surface area contributed by atoms with Crippen LogP contribution in [0.4, 0.5) is 29.3 Å². The van der Waals surface area contributed by atoms with Crippen LogP contribution in [0.2, 0.25) is 0 Å². The average molecular weight is 818 g/mol. The van der Waals surface area contributed by atoms with Crippen molar-refractivity contribution in [1.82, 2.24) is 10.3 Å². The number of aryl methyl sites for hydroxylation is 1. The number of aromatic hydroxyl groups is 1. The van der Waals surface area contributed by atoms with Crippen LogP contribution >= 0.6 is 0 Å². The predicted octanol–water partition coefficient (Wildman–Crippen LogP) is 5.38. The molecule has 4 aromatic carbocycles. The van der Waals surface area contributed by atoms with Gasteiger partial charge in [-0.2, -0.15) is 13.2 Å². The number of aliphatic hydroxyl groups is 1. The van der Waals surface area contributed by atoms with Crippen molar-refractivity contribution in [1.29, 1.82) is 0 Å². The topological polar surface area (TPSA) is 193 Å². The van der Waals surface area contributed by atoms with Crippen LogP contribution < -0.4 is 26.6 Å². The van der Waals surface area contributed by atoms with Gasteiger partial charge in [0, 0.05) is 55.1 Å². The zero-order chi connectivity index (χ0) is 42.7. The summed E-state index contributed by atoms with van der Waals surface area (Å²) in [6, 6.07) is 29.3. The van der Waals surface area contributed by atoms with E-state index in [9.17, 15) is 37.8 Å². The molecule has 0 saturated carbocycles. The van der Waals surface area contributed by atoms with Gasteiger partial charge in [0.05, 0.1) is 44.5 Å². The van der Waals surface area contributed by atoms with Crippen molar-refractivity contribution < 1.29 is 52.1 Å². The van der Waals surface area contributed by atoms with Gasteiger partial charge in [0.15, 0.2) is 0 Å². The zero-order valence-corrected chi connectivity index (χ0v) is 32.5. The Hall–Kier alpha value is -6.23. The molecule has 0 spiro atoms. The smallest absolute Gasteiger partial charge is 0.430 e. The van der Waals surface area contributed by atoms with E-state index in [1.54, 1.807) is 12.1 Å². The van der Waals surface area contributed by atoms with E-state index in [-0.39, 0.29) is 36.3 Å².